The van der Waals surface area contributed by atoms with Crippen LogP contribution in [0.25, 0.3) is 0 Å². The van der Waals surface area contributed by atoms with E-state index in [0.29, 0.717) is 18.9 Å². The molecule has 0 aliphatic rings. The Morgan fingerprint density at radius 2 is 2.20 bits per heavy atom. The summed E-state index contributed by atoms with van der Waals surface area (Å²) in [6, 6.07) is 4.67. The van der Waals surface area contributed by atoms with Gasteiger partial charge in [-0.05, 0) is 25.2 Å². The van der Waals surface area contributed by atoms with E-state index in [1.807, 2.05) is 0 Å². The Hall–Kier alpha value is -2.13. The number of aromatic nitrogens is 2. The average Bonchev–Trinajstić information content (AvgIpc) is 2.92. The third-order valence-corrected chi connectivity index (χ3v) is 4.13. The number of nitrogens with zero attached hydrogens (tertiary/aromatic N) is 2. The molecule has 9 heteroatoms. The molecule has 0 amide bonds. The summed E-state index contributed by atoms with van der Waals surface area (Å²) in [4.78, 5) is 3.95. The lowest BCUT2D eigenvalue weighted by Gasteiger charge is -2.09. The van der Waals surface area contributed by atoms with Gasteiger partial charge in [0.15, 0.2) is 6.33 Å². The Morgan fingerprint density at radius 3 is 2.80 bits per heavy atom. The van der Waals surface area contributed by atoms with Gasteiger partial charge in [0.05, 0.1) is 5.69 Å². The van der Waals surface area contributed by atoms with Gasteiger partial charge in [-0.25, -0.2) is 13.1 Å². The molecule has 2 aromatic rings. The summed E-state index contributed by atoms with van der Waals surface area (Å²) < 4.78 is 30.4. The highest BCUT2D eigenvalue weighted by atomic mass is 32.2. The van der Waals surface area contributed by atoms with Crippen LogP contribution in [0.4, 0.5) is 11.4 Å². The summed E-state index contributed by atoms with van der Waals surface area (Å²) >= 11 is 0. The van der Waals surface area contributed by atoms with E-state index in [0.717, 1.165) is 5.69 Å². The van der Waals surface area contributed by atoms with E-state index in [1.54, 1.807) is 12.1 Å². The number of hydrogen-bond acceptors (Lipinski definition) is 7. The monoisotopic (exact) mass is 297 g/mol. The lowest BCUT2D eigenvalue weighted by atomic mass is 10.2. The van der Waals surface area contributed by atoms with E-state index in [2.05, 4.69) is 20.2 Å². The number of nitrogens with one attached hydrogen (secondary N) is 2. The molecule has 0 unspecified atom stereocenters. The average molecular weight is 297 g/mol. The molecule has 1 aromatic heterocycles. The second kappa shape index (κ2) is 5.88. The van der Waals surface area contributed by atoms with E-state index in [-0.39, 0.29) is 10.6 Å². The van der Waals surface area contributed by atoms with Crippen molar-refractivity contribution in [3.63, 3.8) is 0 Å². The van der Waals surface area contributed by atoms with Crippen LogP contribution in [-0.2, 0) is 16.4 Å². The fourth-order valence-corrected chi connectivity index (χ4v) is 2.47. The predicted octanol–water partition coefficient (Wildman–Crippen LogP) is 0.214. The fourth-order valence-electron chi connectivity index (χ4n) is 1.63. The van der Waals surface area contributed by atoms with Crippen LogP contribution in [0.1, 0.15) is 5.89 Å². The highest BCUT2D eigenvalue weighted by Crippen LogP contribution is 2.22. The molecule has 8 nitrogen and oxygen atoms in total. The van der Waals surface area contributed by atoms with Crippen LogP contribution < -0.4 is 15.8 Å². The molecule has 0 atom stereocenters. The van der Waals surface area contributed by atoms with E-state index in [9.17, 15) is 8.42 Å². The maximum atomic E-state index is 11.7. The zero-order valence-electron chi connectivity index (χ0n) is 10.8. The van der Waals surface area contributed by atoms with E-state index >= 15 is 0 Å². The summed E-state index contributed by atoms with van der Waals surface area (Å²) in [5, 5.41) is 6.60. The van der Waals surface area contributed by atoms with Crippen LogP contribution in [0.15, 0.2) is 33.9 Å². The van der Waals surface area contributed by atoms with Crippen LogP contribution in [-0.4, -0.2) is 32.2 Å². The largest absolute Gasteiger partial charge is 0.398 e. The molecule has 0 spiro atoms. The summed E-state index contributed by atoms with van der Waals surface area (Å²) in [6.45, 7) is 0.569. The number of rotatable bonds is 6. The summed E-state index contributed by atoms with van der Waals surface area (Å²) in [6.07, 6.45) is 1.90. The number of sulfonamides is 1. The Kier molecular flexibility index (Phi) is 4.20. The van der Waals surface area contributed by atoms with Gasteiger partial charge in [-0.3, -0.25) is 0 Å². The molecule has 20 heavy (non-hydrogen) atoms. The number of nitrogen functional groups attached to an aromatic ring is 1. The van der Waals surface area contributed by atoms with Gasteiger partial charge < -0.3 is 15.6 Å². The number of anilines is 2. The Bertz CT molecular complexity index is 669. The van der Waals surface area contributed by atoms with Crippen LogP contribution in [0.2, 0.25) is 0 Å². The molecular formula is C11H15N5O3S. The van der Waals surface area contributed by atoms with Crippen molar-refractivity contribution in [2.24, 2.45) is 0 Å². The molecule has 1 aromatic carbocycles. The van der Waals surface area contributed by atoms with Crippen LogP contribution >= 0.6 is 0 Å². The van der Waals surface area contributed by atoms with Crippen molar-refractivity contribution in [2.75, 3.05) is 24.6 Å². The Labute approximate surface area is 116 Å². The molecule has 0 saturated carbocycles. The molecule has 0 aliphatic carbocycles. The minimum Gasteiger partial charge on any atom is -0.398 e. The van der Waals surface area contributed by atoms with Gasteiger partial charge >= 0.3 is 0 Å². The van der Waals surface area contributed by atoms with Crippen molar-refractivity contribution in [2.45, 2.75) is 11.3 Å². The SMILES string of the molecule is CNS(=O)(=O)c1ccc(NCCc2ncno2)cc1N. The second-order valence-electron chi connectivity index (χ2n) is 3.97. The first kappa shape index (κ1) is 14.3. The number of benzene rings is 1. The van der Waals surface area contributed by atoms with Gasteiger partial charge in [-0.1, -0.05) is 5.16 Å². The van der Waals surface area contributed by atoms with Crippen molar-refractivity contribution in [3.8, 4) is 0 Å². The molecule has 2 rings (SSSR count). The van der Waals surface area contributed by atoms with Crippen molar-refractivity contribution < 1.29 is 12.9 Å². The first-order chi connectivity index (χ1) is 9.53. The normalized spacial score (nSPS) is 11.4. The lowest BCUT2D eigenvalue weighted by Crippen LogP contribution is -2.20. The maximum absolute atomic E-state index is 11.7. The minimum absolute atomic E-state index is 0.0578. The zero-order chi connectivity index (χ0) is 14.6. The fraction of sp³-hybridized carbons (Fsp3) is 0.273. The minimum atomic E-state index is -3.54. The lowest BCUT2D eigenvalue weighted by molar-refractivity contribution is 0.380. The molecule has 0 aliphatic heterocycles. The zero-order valence-corrected chi connectivity index (χ0v) is 11.6. The first-order valence-electron chi connectivity index (χ1n) is 5.85. The van der Waals surface area contributed by atoms with E-state index < -0.39 is 10.0 Å². The van der Waals surface area contributed by atoms with Crippen molar-refractivity contribution in [1.82, 2.24) is 14.9 Å². The topological polar surface area (TPSA) is 123 Å². The van der Waals surface area contributed by atoms with Gasteiger partial charge in [-0.2, -0.15) is 4.98 Å². The third-order valence-electron chi connectivity index (χ3n) is 2.64. The molecular weight excluding hydrogens is 282 g/mol. The summed E-state index contributed by atoms with van der Waals surface area (Å²) in [5.74, 6) is 0.528. The van der Waals surface area contributed by atoms with Gasteiger partial charge in [-0.15, -0.1) is 0 Å². The Morgan fingerprint density at radius 1 is 1.40 bits per heavy atom. The predicted molar refractivity (Wildman–Crippen MR) is 73.6 cm³/mol. The van der Waals surface area contributed by atoms with Crippen LogP contribution in [0.5, 0.6) is 0 Å². The van der Waals surface area contributed by atoms with Gasteiger partial charge in [0.2, 0.25) is 15.9 Å². The van der Waals surface area contributed by atoms with Gasteiger partial charge in [0, 0.05) is 18.7 Å². The molecule has 4 N–H and O–H groups in total. The van der Waals surface area contributed by atoms with Crippen molar-refractivity contribution in [3.05, 3.63) is 30.4 Å². The van der Waals surface area contributed by atoms with Crippen molar-refractivity contribution >= 4 is 21.4 Å². The highest BCUT2D eigenvalue weighted by Gasteiger charge is 2.15. The molecule has 0 fully saturated rings. The quantitative estimate of drug-likeness (QED) is 0.651. The summed E-state index contributed by atoms with van der Waals surface area (Å²) in [7, 11) is -2.20. The number of hydrogen-bond donors (Lipinski definition) is 3. The number of nitrogens with two attached hydrogens (primary N) is 1. The van der Waals surface area contributed by atoms with E-state index in [1.165, 1.54) is 19.4 Å². The van der Waals surface area contributed by atoms with Crippen molar-refractivity contribution in [1.29, 1.82) is 0 Å². The molecule has 0 saturated heterocycles. The molecule has 1 heterocycles. The smallest absolute Gasteiger partial charge is 0.242 e. The summed E-state index contributed by atoms with van der Waals surface area (Å²) in [5.41, 5.74) is 6.65. The van der Waals surface area contributed by atoms with E-state index in [4.69, 9.17) is 10.3 Å². The third kappa shape index (κ3) is 3.25. The standard InChI is InChI=1S/C11H15N5O3S/c1-13-20(17,18)10-3-2-8(6-9(10)12)14-5-4-11-15-7-16-19-11/h2-3,6-7,13-14H,4-5,12H2,1H3. The molecule has 0 bridgehead atoms. The molecule has 108 valence electrons. The maximum Gasteiger partial charge on any atom is 0.242 e. The first-order valence-corrected chi connectivity index (χ1v) is 7.34. The van der Waals surface area contributed by atoms with Gasteiger partial charge in [0.25, 0.3) is 0 Å². The van der Waals surface area contributed by atoms with Crippen LogP contribution in [0.3, 0.4) is 0 Å². The highest BCUT2D eigenvalue weighted by molar-refractivity contribution is 7.89. The van der Waals surface area contributed by atoms with Gasteiger partial charge in [0.1, 0.15) is 4.90 Å². The second-order valence-corrected chi connectivity index (χ2v) is 5.83. The van der Waals surface area contributed by atoms with Crippen LogP contribution in [0, 0.1) is 0 Å². The Balaban J connectivity index is 2.02. The molecule has 0 radical (unpaired) electrons.